The van der Waals surface area contributed by atoms with E-state index in [9.17, 15) is 4.79 Å². The van der Waals surface area contributed by atoms with Gasteiger partial charge in [0.05, 0.1) is 13.3 Å². The normalized spacial score (nSPS) is 11.4. The molecule has 0 radical (unpaired) electrons. The van der Waals surface area contributed by atoms with Crippen LogP contribution in [0, 0.1) is 0 Å². The van der Waals surface area contributed by atoms with Crippen molar-refractivity contribution in [2.24, 2.45) is 0 Å². The molecule has 0 amide bonds. The van der Waals surface area contributed by atoms with Crippen molar-refractivity contribution in [1.82, 2.24) is 19.3 Å². The zero-order valence-electron chi connectivity index (χ0n) is 10.5. The van der Waals surface area contributed by atoms with Crippen molar-refractivity contribution in [3.63, 3.8) is 0 Å². The van der Waals surface area contributed by atoms with Crippen molar-refractivity contribution in [2.75, 3.05) is 7.11 Å². The molecule has 92 valence electrons. The predicted molar refractivity (Wildman–Crippen MR) is 64.4 cm³/mol. The summed E-state index contributed by atoms with van der Waals surface area (Å²) in [6.07, 6.45) is 1.57. The van der Waals surface area contributed by atoms with E-state index in [1.54, 1.807) is 10.9 Å². The fraction of sp³-hybridized carbons (Fsp3) is 0.545. The van der Waals surface area contributed by atoms with Gasteiger partial charge in [-0.3, -0.25) is 9.36 Å². The van der Waals surface area contributed by atoms with E-state index in [4.69, 9.17) is 4.74 Å². The molecule has 0 spiro atoms. The lowest BCUT2D eigenvalue weighted by atomic mass is 10.4. The molecule has 0 aliphatic rings. The number of rotatable bonds is 3. The Morgan fingerprint density at radius 3 is 2.71 bits per heavy atom. The van der Waals surface area contributed by atoms with Crippen LogP contribution >= 0.6 is 0 Å². The lowest BCUT2D eigenvalue weighted by molar-refractivity contribution is 0.350. The summed E-state index contributed by atoms with van der Waals surface area (Å²) in [7, 11) is 1.51. The minimum Gasteiger partial charge on any atom is -0.468 e. The van der Waals surface area contributed by atoms with Gasteiger partial charge in [-0.25, -0.2) is 4.68 Å². The summed E-state index contributed by atoms with van der Waals surface area (Å²) in [6.45, 7) is 6.39. The van der Waals surface area contributed by atoms with Crippen molar-refractivity contribution in [1.29, 1.82) is 0 Å². The van der Waals surface area contributed by atoms with Gasteiger partial charge in [0.15, 0.2) is 5.65 Å². The molecule has 2 heterocycles. The molecule has 0 aromatic carbocycles. The molecular formula is C11H16N4O2. The SMILES string of the molecule is CCn1c(OC)nc2c(cnn2C(C)C)c1=O. The van der Waals surface area contributed by atoms with Crippen molar-refractivity contribution in [2.45, 2.75) is 33.4 Å². The Morgan fingerprint density at radius 2 is 2.18 bits per heavy atom. The van der Waals surface area contributed by atoms with E-state index in [2.05, 4.69) is 10.1 Å². The second-order valence-electron chi connectivity index (χ2n) is 4.07. The first kappa shape index (κ1) is 11.6. The fourth-order valence-electron chi connectivity index (χ4n) is 1.81. The van der Waals surface area contributed by atoms with Gasteiger partial charge in [-0.1, -0.05) is 0 Å². The van der Waals surface area contributed by atoms with Crippen LogP contribution in [0.5, 0.6) is 6.01 Å². The minimum atomic E-state index is -0.110. The van der Waals surface area contributed by atoms with Crippen molar-refractivity contribution < 1.29 is 4.74 Å². The van der Waals surface area contributed by atoms with Crippen LogP contribution in [0.3, 0.4) is 0 Å². The van der Waals surface area contributed by atoms with Gasteiger partial charge in [0, 0.05) is 12.6 Å². The molecule has 0 atom stereocenters. The van der Waals surface area contributed by atoms with Gasteiger partial charge < -0.3 is 4.74 Å². The molecule has 0 unspecified atom stereocenters. The molecule has 0 N–H and O–H groups in total. The predicted octanol–water partition coefficient (Wildman–Crippen LogP) is 1.20. The van der Waals surface area contributed by atoms with Crippen LogP contribution < -0.4 is 10.3 Å². The van der Waals surface area contributed by atoms with E-state index in [0.717, 1.165) is 0 Å². The number of hydrogen-bond acceptors (Lipinski definition) is 4. The van der Waals surface area contributed by atoms with Gasteiger partial charge in [0.2, 0.25) is 0 Å². The van der Waals surface area contributed by atoms with Crippen molar-refractivity contribution >= 4 is 11.0 Å². The molecule has 0 saturated heterocycles. The highest BCUT2D eigenvalue weighted by Gasteiger charge is 2.15. The maximum atomic E-state index is 12.2. The van der Waals surface area contributed by atoms with Gasteiger partial charge in [-0.2, -0.15) is 10.1 Å². The molecule has 0 saturated carbocycles. The Hall–Kier alpha value is -1.85. The van der Waals surface area contributed by atoms with Crippen LogP contribution in [0.15, 0.2) is 11.0 Å². The maximum Gasteiger partial charge on any atom is 0.300 e. The largest absolute Gasteiger partial charge is 0.468 e. The number of nitrogens with zero attached hydrogens (tertiary/aromatic N) is 4. The summed E-state index contributed by atoms with van der Waals surface area (Å²) in [6, 6.07) is 0.481. The molecule has 0 aliphatic heterocycles. The Bertz CT molecular complexity index is 597. The molecule has 6 nitrogen and oxygen atoms in total. The second-order valence-corrected chi connectivity index (χ2v) is 4.07. The molecule has 6 heteroatoms. The quantitative estimate of drug-likeness (QED) is 0.803. The Morgan fingerprint density at radius 1 is 1.47 bits per heavy atom. The van der Waals surface area contributed by atoms with E-state index in [-0.39, 0.29) is 11.6 Å². The molecule has 2 aromatic rings. The molecule has 0 fully saturated rings. The summed E-state index contributed by atoms with van der Waals surface area (Å²) in [5, 5.41) is 4.72. The average Bonchev–Trinajstić information content (AvgIpc) is 2.72. The van der Waals surface area contributed by atoms with Crippen LogP contribution in [0.2, 0.25) is 0 Å². The Kier molecular flexibility index (Phi) is 2.87. The number of hydrogen-bond donors (Lipinski definition) is 0. The summed E-state index contributed by atoms with van der Waals surface area (Å²) < 4.78 is 8.36. The minimum absolute atomic E-state index is 0.110. The first-order chi connectivity index (χ1) is 8.10. The first-order valence-corrected chi connectivity index (χ1v) is 5.62. The summed E-state index contributed by atoms with van der Waals surface area (Å²) in [4.78, 5) is 16.5. The van der Waals surface area contributed by atoms with E-state index in [1.807, 2.05) is 20.8 Å². The van der Waals surface area contributed by atoms with Crippen LogP contribution in [0.25, 0.3) is 11.0 Å². The molecule has 2 rings (SSSR count). The third-order valence-corrected chi connectivity index (χ3v) is 2.67. The zero-order valence-corrected chi connectivity index (χ0v) is 10.5. The topological polar surface area (TPSA) is 61.9 Å². The zero-order chi connectivity index (χ0) is 12.6. The molecule has 0 aliphatic carbocycles. The standard InChI is InChI=1S/C11H16N4O2/c1-5-14-10(16)8-6-12-15(7(2)3)9(8)13-11(14)17-4/h6-7H,5H2,1-4H3. The van der Waals surface area contributed by atoms with E-state index in [0.29, 0.717) is 23.6 Å². The van der Waals surface area contributed by atoms with Gasteiger partial charge in [-0.05, 0) is 20.8 Å². The number of ether oxygens (including phenoxy) is 1. The van der Waals surface area contributed by atoms with Gasteiger partial charge in [-0.15, -0.1) is 0 Å². The monoisotopic (exact) mass is 236 g/mol. The van der Waals surface area contributed by atoms with Crippen molar-refractivity contribution in [3.05, 3.63) is 16.6 Å². The van der Waals surface area contributed by atoms with E-state index in [1.165, 1.54) is 11.7 Å². The van der Waals surface area contributed by atoms with Crippen LogP contribution in [0.4, 0.5) is 0 Å². The van der Waals surface area contributed by atoms with Crippen LogP contribution in [-0.2, 0) is 6.54 Å². The maximum absolute atomic E-state index is 12.2. The number of aromatic nitrogens is 4. The number of methoxy groups -OCH3 is 1. The highest BCUT2D eigenvalue weighted by Crippen LogP contribution is 2.15. The molecule has 17 heavy (non-hydrogen) atoms. The Labute approximate surface area is 98.8 Å². The molecule has 2 aromatic heterocycles. The van der Waals surface area contributed by atoms with Crippen LogP contribution in [0.1, 0.15) is 26.8 Å². The van der Waals surface area contributed by atoms with E-state index < -0.39 is 0 Å². The highest BCUT2D eigenvalue weighted by molar-refractivity contribution is 5.73. The third-order valence-electron chi connectivity index (χ3n) is 2.67. The summed E-state index contributed by atoms with van der Waals surface area (Å²) in [5.41, 5.74) is 0.466. The number of fused-ring (bicyclic) bond motifs is 1. The van der Waals surface area contributed by atoms with Gasteiger partial charge in [0.1, 0.15) is 5.39 Å². The fourth-order valence-corrected chi connectivity index (χ4v) is 1.81. The molecular weight excluding hydrogens is 220 g/mol. The first-order valence-electron chi connectivity index (χ1n) is 5.62. The highest BCUT2D eigenvalue weighted by atomic mass is 16.5. The van der Waals surface area contributed by atoms with Crippen molar-refractivity contribution in [3.8, 4) is 6.01 Å². The van der Waals surface area contributed by atoms with Crippen LogP contribution in [-0.4, -0.2) is 26.4 Å². The second kappa shape index (κ2) is 4.20. The van der Waals surface area contributed by atoms with Gasteiger partial charge >= 0.3 is 6.01 Å². The lowest BCUT2D eigenvalue weighted by Gasteiger charge is -2.10. The summed E-state index contributed by atoms with van der Waals surface area (Å²) >= 11 is 0. The lowest BCUT2D eigenvalue weighted by Crippen LogP contribution is -2.22. The van der Waals surface area contributed by atoms with E-state index >= 15 is 0 Å². The third kappa shape index (κ3) is 1.69. The summed E-state index contributed by atoms with van der Waals surface area (Å²) in [5.74, 6) is 0. The smallest absolute Gasteiger partial charge is 0.300 e. The van der Waals surface area contributed by atoms with Gasteiger partial charge in [0.25, 0.3) is 5.56 Å². The average molecular weight is 236 g/mol. The Balaban J connectivity index is 2.83. The molecule has 0 bridgehead atoms.